The van der Waals surface area contributed by atoms with Crippen molar-refractivity contribution in [1.82, 2.24) is 10.3 Å². The third-order valence-electron chi connectivity index (χ3n) is 3.49. The molecule has 2 aromatic rings. The molecule has 2 unspecified atom stereocenters. The van der Waals surface area contributed by atoms with Gasteiger partial charge in [0.15, 0.2) is 11.5 Å². The Kier molecular flexibility index (Phi) is 5.20. The fraction of sp³-hybridized carbons (Fsp3) is 0.438. The van der Waals surface area contributed by atoms with E-state index in [0.29, 0.717) is 0 Å². The van der Waals surface area contributed by atoms with E-state index in [-0.39, 0.29) is 12.1 Å². The molecule has 0 amide bonds. The molecule has 0 bridgehead atoms. The number of hydrogen-bond acceptors (Lipinski definition) is 5. The molecule has 0 aliphatic rings. The van der Waals surface area contributed by atoms with Gasteiger partial charge in [-0.2, -0.15) is 0 Å². The molecule has 4 nitrogen and oxygen atoms in total. The van der Waals surface area contributed by atoms with Crippen molar-refractivity contribution in [2.75, 3.05) is 14.2 Å². The molecule has 1 aromatic carbocycles. The summed E-state index contributed by atoms with van der Waals surface area (Å²) in [7, 11) is 3.30. The van der Waals surface area contributed by atoms with E-state index in [1.807, 2.05) is 19.1 Å². The van der Waals surface area contributed by atoms with E-state index in [4.69, 9.17) is 9.47 Å². The number of nitrogens with zero attached hydrogens (tertiary/aromatic N) is 1. The van der Waals surface area contributed by atoms with Crippen molar-refractivity contribution in [3.05, 3.63) is 39.8 Å². The molecule has 114 valence electrons. The molecule has 5 heteroatoms. The Morgan fingerprint density at radius 3 is 2.38 bits per heavy atom. The minimum Gasteiger partial charge on any atom is -0.493 e. The Morgan fingerprint density at radius 1 is 1.10 bits per heavy atom. The van der Waals surface area contributed by atoms with Crippen LogP contribution in [-0.4, -0.2) is 19.2 Å². The van der Waals surface area contributed by atoms with Gasteiger partial charge >= 0.3 is 0 Å². The van der Waals surface area contributed by atoms with Gasteiger partial charge in [-0.05, 0) is 38.5 Å². The summed E-state index contributed by atoms with van der Waals surface area (Å²) in [5.41, 5.74) is 2.25. The minimum atomic E-state index is 0.196. The normalized spacial score (nSPS) is 13.8. The number of nitrogens with one attached hydrogen (secondary N) is 1. The third-order valence-corrected chi connectivity index (χ3v) is 4.28. The van der Waals surface area contributed by atoms with Crippen LogP contribution in [0.2, 0.25) is 0 Å². The minimum absolute atomic E-state index is 0.196. The molecular weight excluding hydrogens is 284 g/mol. The summed E-state index contributed by atoms with van der Waals surface area (Å²) in [6, 6.07) is 6.40. The molecule has 0 saturated heterocycles. The number of hydrogen-bond donors (Lipinski definition) is 1. The first kappa shape index (κ1) is 15.8. The number of benzene rings is 1. The van der Waals surface area contributed by atoms with Gasteiger partial charge in [0.25, 0.3) is 0 Å². The highest BCUT2D eigenvalue weighted by atomic mass is 32.1. The highest BCUT2D eigenvalue weighted by Gasteiger charge is 2.15. The molecule has 1 N–H and O–H groups in total. The van der Waals surface area contributed by atoms with Crippen molar-refractivity contribution in [3.8, 4) is 11.5 Å². The summed E-state index contributed by atoms with van der Waals surface area (Å²) in [5.74, 6) is 1.50. The van der Waals surface area contributed by atoms with Crippen molar-refractivity contribution in [1.29, 1.82) is 0 Å². The topological polar surface area (TPSA) is 43.4 Å². The maximum atomic E-state index is 5.36. The maximum absolute atomic E-state index is 5.36. The SMILES string of the molecule is COc1ccc(C(C)NC(C)c2csc(C)n2)cc1OC. The first-order chi connectivity index (χ1) is 10.0. The summed E-state index contributed by atoms with van der Waals surface area (Å²) < 4.78 is 10.6. The van der Waals surface area contributed by atoms with E-state index in [1.54, 1.807) is 25.6 Å². The van der Waals surface area contributed by atoms with Gasteiger partial charge in [-0.15, -0.1) is 11.3 Å². The monoisotopic (exact) mass is 306 g/mol. The fourth-order valence-corrected chi connectivity index (χ4v) is 2.96. The predicted molar refractivity (Wildman–Crippen MR) is 86.4 cm³/mol. The number of ether oxygens (including phenoxy) is 2. The van der Waals surface area contributed by atoms with Crippen molar-refractivity contribution in [2.24, 2.45) is 0 Å². The highest BCUT2D eigenvalue weighted by molar-refractivity contribution is 7.09. The second-order valence-corrected chi connectivity index (χ2v) is 6.08. The maximum Gasteiger partial charge on any atom is 0.161 e. The van der Waals surface area contributed by atoms with Crippen LogP contribution in [-0.2, 0) is 0 Å². The van der Waals surface area contributed by atoms with E-state index < -0.39 is 0 Å². The molecule has 0 spiro atoms. The number of aromatic nitrogens is 1. The molecule has 0 aliphatic carbocycles. The summed E-state index contributed by atoms with van der Waals surface area (Å²) in [6.07, 6.45) is 0. The van der Waals surface area contributed by atoms with Crippen molar-refractivity contribution < 1.29 is 9.47 Å². The molecule has 21 heavy (non-hydrogen) atoms. The summed E-state index contributed by atoms with van der Waals surface area (Å²) in [4.78, 5) is 4.53. The fourth-order valence-electron chi connectivity index (χ4n) is 2.26. The Morgan fingerprint density at radius 2 is 1.81 bits per heavy atom. The third kappa shape index (κ3) is 3.74. The predicted octanol–water partition coefficient (Wildman–Crippen LogP) is 3.88. The second kappa shape index (κ2) is 6.91. The smallest absolute Gasteiger partial charge is 0.161 e. The summed E-state index contributed by atoms with van der Waals surface area (Å²) >= 11 is 1.68. The quantitative estimate of drug-likeness (QED) is 0.879. The Labute approximate surface area is 130 Å². The molecule has 0 fully saturated rings. The van der Waals surface area contributed by atoms with Crippen LogP contribution in [0.1, 0.15) is 42.2 Å². The Hall–Kier alpha value is -1.59. The van der Waals surface area contributed by atoms with Crippen LogP contribution in [0, 0.1) is 6.92 Å². The zero-order chi connectivity index (χ0) is 15.4. The lowest BCUT2D eigenvalue weighted by Crippen LogP contribution is -2.22. The lowest BCUT2D eigenvalue weighted by atomic mass is 10.1. The lowest BCUT2D eigenvalue weighted by Gasteiger charge is -2.20. The van der Waals surface area contributed by atoms with Gasteiger partial charge in [-0.25, -0.2) is 4.98 Å². The van der Waals surface area contributed by atoms with Crippen molar-refractivity contribution in [3.63, 3.8) is 0 Å². The zero-order valence-corrected chi connectivity index (χ0v) is 14.0. The average molecular weight is 306 g/mol. The van der Waals surface area contributed by atoms with Crippen molar-refractivity contribution >= 4 is 11.3 Å². The van der Waals surface area contributed by atoms with Crippen LogP contribution in [0.4, 0.5) is 0 Å². The van der Waals surface area contributed by atoms with Gasteiger partial charge in [0, 0.05) is 17.5 Å². The van der Waals surface area contributed by atoms with Crippen LogP contribution in [0.3, 0.4) is 0 Å². The van der Waals surface area contributed by atoms with Crippen molar-refractivity contribution in [2.45, 2.75) is 32.9 Å². The van der Waals surface area contributed by atoms with Gasteiger partial charge in [-0.3, -0.25) is 0 Å². The zero-order valence-electron chi connectivity index (χ0n) is 13.1. The molecular formula is C16H22N2O2S. The van der Waals surface area contributed by atoms with Crippen LogP contribution < -0.4 is 14.8 Å². The summed E-state index contributed by atoms with van der Waals surface area (Å²) in [6.45, 7) is 6.29. The van der Waals surface area contributed by atoms with Crippen LogP contribution in [0.15, 0.2) is 23.6 Å². The van der Waals surface area contributed by atoms with Crippen LogP contribution in [0.25, 0.3) is 0 Å². The van der Waals surface area contributed by atoms with Gasteiger partial charge in [0.1, 0.15) is 0 Å². The van der Waals surface area contributed by atoms with E-state index in [2.05, 4.69) is 35.6 Å². The number of thiazole rings is 1. The van der Waals surface area contributed by atoms with Gasteiger partial charge in [-0.1, -0.05) is 6.07 Å². The Balaban J connectivity index is 2.11. The lowest BCUT2D eigenvalue weighted by molar-refractivity contribution is 0.353. The first-order valence-electron chi connectivity index (χ1n) is 6.95. The molecule has 1 heterocycles. The molecule has 2 rings (SSSR count). The summed E-state index contributed by atoms with van der Waals surface area (Å²) in [5, 5.41) is 6.76. The standard InChI is InChI=1S/C16H22N2O2S/c1-10(17-11(2)14-9-21-12(3)18-14)13-6-7-15(19-4)16(8-13)20-5/h6-11,17H,1-5H3. The number of methoxy groups -OCH3 is 2. The Bertz CT molecular complexity index is 598. The number of aryl methyl sites for hydroxylation is 1. The largest absolute Gasteiger partial charge is 0.493 e. The van der Waals surface area contributed by atoms with E-state index >= 15 is 0 Å². The van der Waals surface area contributed by atoms with Gasteiger partial charge in [0.2, 0.25) is 0 Å². The molecule has 0 saturated carbocycles. The van der Waals surface area contributed by atoms with Crippen LogP contribution >= 0.6 is 11.3 Å². The molecule has 1 aromatic heterocycles. The highest BCUT2D eigenvalue weighted by Crippen LogP contribution is 2.30. The van der Waals surface area contributed by atoms with Crippen LogP contribution in [0.5, 0.6) is 11.5 Å². The van der Waals surface area contributed by atoms with E-state index in [9.17, 15) is 0 Å². The molecule has 0 radical (unpaired) electrons. The van der Waals surface area contributed by atoms with Gasteiger partial charge < -0.3 is 14.8 Å². The molecule has 0 aliphatic heterocycles. The van der Waals surface area contributed by atoms with E-state index in [1.165, 1.54) is 0 Å². The average Bonchev–Trinajstić information content (AvgIpc) is 2.93. The second-order valence-electron chi connectivity index (χ2n) is 5.02. The first-order valence-corrected chi connectivity index (χ1v) is 7.83. The molecule has 2 atom stereocenters. The number of rotatable bonds is 6. The van der Waals surface area contributed by atoms with Gasteiger partial charge in [0.05, 0.1) is 24.9 Å². The van der Waals surface area contributed by atoms with E-state index in [0.717, 1.165) is 27.8 Å².